The summed E-state index contributed by atoms with van der Waals surface area (Å²) in [5, 5.41) is 13.8. The molecule has 0 aliphatic carbocycles. The number of anilines is 1. The molecule has 1 aliphatic rings. The Kier molecular flexibility index (Phi) is 3.91. The second-order valence-corrected chi connectivity index (χ2v) is 5.82. The van der Waals surface area contributed by atoms with Gasteiger partial charge in [-0.1, -0.05) is 12.8 Å². The number of hydrogen-bond donors (Lipinski definition) is 1. The zero-order valence-electron chi connectivity index (χ0n) is 11.0. The maximum Gasteiger partial charge on any atom is 0.266 e. The number of aromatic nitrogens is 2. The van der Waals surface area contributed by atoms with E-state index in [4.69, 9.17) is 4.52 Å². The molecule has 0 radical (unpaired) electrons. The molecule has 0 bridgehead atoms. The predicted molar refractivity (Wildman–Crippen MR) is 79.8 cm³/mol. The summed E-state index contributed by atoms with van der Waals surface area (Å²) in [6.45, 7) is 1.95. The van der Waals surface area contributed by atoms with Gasteiger partial charge in [0.15, 0.2) is 0 Å². The minimum absolute atomic E-state index is 0.164. The van der Waals surface area contributed by atoms with Crippen molar-refractivity contribution in [2.45, 2.75) is 25.7 Å². The van der Waals surface area contributed by atoms with E-state index in [2.05, 4.69) is 31.0 Å². The fraction of sp³-hybridized carbons (Fsp3) is 0.429. The average Bonchev–Trinajstić information content (AvgIpc) is 2.78. The maximum atomic E-state index is 9.71. The highest BCUT2D eigenvalue weighted by Crippen LogP contribution is 2.30. The summed E-state index contributed by atoms with van der Waals surface area (Å²) in [7, 11) is 0. The van der Waals surface area contributed by atoms with Gasteiger partial charge in [-0.3, -0.25) is 0 Å². The van der Waals surface area contributed by atoms with E-state index in [-0.39, 0.29) is 5.75 Å². The topological polar surface area (TPSA) is 62.4 Å². The third kappa shape index (κ3) is 2.80. The first-order valence-electron chi connectivity index (χ1n) is 6.81. The number of aromatic hydroxyl groups is 1. The van der Waals surface area contributed by atoms with Crippen molar-refractivity contribution in [3.8, 4) is 17.2 Å². The summed E-state index contributed by atoms with van der Waals surface area (Å²) in [4.78, 5) is 6.60. The zero-order valence-corrected chi connectivity index (χ0v) is 12.6. The lowest BCUT2D eigenvalue weighted by Crippen LogP contribution is -2.24. The van der Waals surface area contributed by atoms with Crippen molar-refractivity contribution in [1.82, 2.24) is 10.1 Å². The fourth-order valence-electron chi connectivity index (χ4n) is 2.38. The van der Waals surface area contributed by atoms with E-state index >= 15 is 0 Å². The third-order valence-corrected chi connectivity index (χ3v) is 4.17. The Morgan fingerprint density at radius 3 is 2.60 bits per heavy atom. The van der Waals surface area contributed by atoms with Gasteiger partial charge in [0, 0.05) is 18.7 Å². The number of rotatable bonds is 2. The van der Waals surface area contributed by atoms with E-state index < -0.39 is 0 Å². The van der Waals surface area contributed by atoms with Crippen molar-refractivity contribution in [3.63, 3.8) is 0 Å². The lowest BCUT2D eigenvalue weighted by atomic mass is 10.2. The molecule has 2 aromatic rings. The van der Waals surface area contributed by atoms with Crippen molar-refractivity contribution in [2.24, 2.45) is 0 Å². The molecule has 0 saturated carbocycles. The molecule has 1 fully saturated rings. The fourth-order valence-corrected chi connectivity index (χ4v) is 2.62. The number of benzene rings is 1. The van der Waals surface area contributed by atoms with Crippen molar-refractivity contribution < 1.29 is 9.63 Å². The van der Waals surface area contributed by atoms with Crippen LogP contribution in [0.2, 0.25) is 0 Å². The quantitative estimate of drug-likeness (QED) is 0.907. The summed E-state index contributed by atoms with van der Waals surface area (Å²) in [5.41, 5.74) is 0.722. The lowest BCUT2D eigenvalue weighted by Gasteiger charge is -2.16. The maximum absolute atomic E-state index is 9.71. The average molecular weight is 338 g/mol. The molecule has 1 aromatic heterocycles. The Hall–Kier alpha value is -1.56. The number of phenolic OH excluding ortho intramolecular Hbond substituents is 1. The molecule has 1 aromatic carbocycles. The summed E-state index contributed by atoms with van der Waals surface area (Å²) in [6.07, 6.45) is 4.87. The normalized spacial score (nSPS) is 16.1. The number of hydrogen-bond acceptors (Lipinski definition) is 5. The van der Waals surface area contributed by atoms with Crippen LogP contribution >= 0.6 is 15.9 Å². The summed E-state index contributed by atoms with van der Waals surface area (Å²) in [6, 6.07) is 5.22. The van der Waals surface area contributed by atoms with E-state index in [9.17, 15) is 5.11 Å². The molecule has 5 nitrogen and oxygen atoms in total. The van der Waals surface area contributed by atoms with E-state index in [1.807, 2.05) is 6.07 Å². The van der Waals surface area contributed by atoms with Gasteiger partial charge in [0.05, 0.1) is 4.47 Å². The van der Waals surface area contributed by atoms with Crippen LogP contribution in [0.4, 0.5) is 5.95 Å². The molecule has 0 atom stereocenters. The van der Waals surface area contributed by atoms with Crippen LogP contribution in [-0.2, 0) is 0 Å². The molecular weight excluding hydrogens is 322 g/mol. The SMILES string of the molecule is Oc1cc(-c2nc(N3CCCCCC3)no2)ccc1Br. The van der Waals surface area contributed by atoms with Crippen molar-refractivity contribution in [3.05, 3.63) is 22.7 Å². The first kappa shape index (κ1) is 13.4. The number of phenols is 1. The Morgan fingerprint density at radius 2 is 1.90 bits per heavy atom. The minimum atomic E-state index is 0.164. The van der Waals surface area contributed by atoms with Crippen LogP contribution in [0.3, 0.4) is 0 Å². The Morgan fingerprint density at radius 1 is 1.15 bits per heavy atom. The molecule has 1 saturated heterocycles. The second kappa shape index (κ2) is 5.83. The molecule has 20 heavy (non-hydrogen) atoms. The molecule has 3 rings (SSSR count). The molecule has 106 valence electrons. The number of halogens is 1. The Balaban J connectivity index is 1.83. The van der Waals surface area contributed by atoms with Gasteiger partial charge in [-0.05, 0) is 52.1 Å². The van der Waals surface area contributed by atoms with Crippen LogP contribution in [0.1, 0.15) is 25.7 Å². The first-order chi connectivity index (χ1) is 9.74. The highest BCUT2D eigenvalue weighted by molar-refractivity contribution is 9.10. The van der Waals surface area contributed by atoms with Gasteiger partial charge in [0.1, 0.15) is 5.75 Å². The van der Waals surface area contributed by atoms with Crippen molar-refractivity contribution >= 4 is 21.9 Å². The predicted octanol–water partition coefficient (Wildman–Crippen LogP) is 3.59. The van der Waals surface area contributed by atoms with Gasteiger partial charge in [0.25, 0.3) is 11.8 Å². The molecule has 1 N–H and O–H groups in total. The van der Waals surface area contributed by atoms with E-state index in [1.54, 1.807) is 12.1 Å². The Labute approximate surface area is 125 Å². The highest BCUT2D eigenvalue weighted by Gasteiger charge is 2.17. The van der Waals surface area contributed by atoms with Gasteiger partial charge in [0.2, 0.25) is 0 Å². The van der Waals surface area contributed by atoms with Gasteiger partial charge in [-0.25, -0.2) is 0 Å². The Bertz CT molecular complexity index is 592. The van der Waals surface area contributed by atoms with Gasteiger partial charge in [-0.2, -0.15) is 4.98 Å². The smallest absolute Gasteiger partial charge is 0.266 e. The molecular formula is C14H16BrN3O2. The summed E-state index contributed by atoms with van der Waals surface area (Å²) >= 11 is 3.25. The van der Waals surface area contributed by atoms with Gasteiger partial charge in [-0.15, -0.1) is 0 Å². The molecule has 6 heteroatoms. The van der Waals surface area contributed by atoms with E-state index in [0.29, 0.717) is 16.3 Å². The molecule has 2 heterocycles. The monoisotopic (exact) mass is 337 g/mol. The molecule has 0 unspecified atom stereocenters. The first-order valence-corrected chi connectivity index (χ1v) is 7.61. The minimum Gasteiger partial charge on any atom is -0.507 e. The zero-order chi connectivity index (χ0) is 13.9. The van der Waals surface area contributed by atoms with Crippen LogP contribution < -0.4 is 4.90 Å². The highest BCUT2D eigenvalue weighted by atomic mass is 79.9. The number of nitrogens with zero attached hydrogens (tertiary/aromatic N) is 3. The standard InChI is InChI=1S/C14H16BrN3O2/c15-11-6-5-10(9-12(11)19)13-16-14(17-20-13)18-7-3-1-2-4-8-18/h5-6,9,19H,1-4,7-8H2. The van der Waals surface area contributed by atoms with E-state index in [0.717, 1.165) is 18.7 Å². The van der Waals surface area contributed by atoms with Crippen LogP contribution in [0, 0.1) is 0 Å². The van der Waals surface area contributed by atoms with Crippen LogP contribution in [-0.4, -0.2) is 28.3 Å². The largest absolute Gasteiger partial charge is 0.507 e. The molecule has 0 spiro atoms. The van der Waals surface area contributed by atoms with Crippen molar-refractivity contribution in [1.29, 1.82) is 0 Å². The van der Waals surface area contributed by atoms with Gasteiger partial charge >= 0.3 is 0 Å². The van der Waals surface area contributed by atoms with Crippen LogP contribution in [0.25, 0.3) is 11.5 Å². The molecule has 1 aliphatic heterocycles. The third-order valence-electron chi connectivity index (χ3n) is 3.50. The summed E-state index contributed by atoms with van der Waals surface area (Å²) < 4.78 is 5.96. The van der Waals surface area contributed by atoms with E-state index in [1.165, 1.54) is 25.7 Å². The summed E-state index contributed by atoms with van der Waals surface area (Å²) in [5.74, 6) is 1.24. The van der Waals surface area contributed by atoms with Gasteiger partial charge < -0.3 is 14.5 Å². The van der Waals surface area contributed by atoms with Crippen LogP contribution in [0.15, 0.2) is 27.2 Å². The van der Waals surface area contributed by atoms with Crippen LogP contribution in [0.5, 0.6) is 5.75 Å². The molecule has 0 amide bonds. The van der Waals surface area contributed by atoms with Crippen molar-refractivity contribution in [2.75, 3.05) is 18.0 Å². The second-order valence-electron chi connectivity index (χ2n) is 4.97. The lowest BCUT2D eigenvalue weighted by molar-refractivity contribution is 0.428.